The second-order valence-electron chi connectivity index (χ2n) is 4.54. The molecule has 5 heteroatoms. The van der Waals surface area contributed by atoms with Gasteiger partial charge in [-0.3, -0.25) is 5.10 Å². The highest BCUT2D eigenvalue weighted by molar-refractivity contribution is 7.16. The molecule has 0 fully saturated rings. The number of nitrogens with zero attached hydrogens (tertiary/aromatic N) is 2. The maximum atomic E-state index is 4.71. The van der Waals surface area contributed by atoms with Crippen molar-refractivity contribution in [3.63, 3.8) is 0 Å². The van der Waals surface area contributed by atoms with E-state index in [4.69, 9.17) is 4.98 Å². The van der Waals surface area contributed by atoms with Gasteiger partial charge >= 0.3 is 0 Å². The van der Waals surface area contributed by atoms with Gasteiger partial charge in [-0.25, -0.2) is 4.98 Å². The molecule has 0 aliphatic heterocycles. The van der Waals surface area contributed by atoms with Crippen LogP contribution in [0.1, 0.15) is 10.6 Å². The van der Waals surface area contributed by atoms with Crippen molar-refractivity contribution in [2.45, 2.75) is 12.8 Å². The number of para-hydroxylation sites is 1. The highest BCUT2D eigenvalue weighted by Crippen LogP contribution is 2.37. The fraction of sp³-hybridized carbons (Fsp3) is 0.143. The van der Waals surface area contributed by atoms with E-state index in [1.54, 1.807) is 11.3 Å². The molecule has 1 aliphatic rings. The third-order valence-electron chi connectivity index (χ3n) is 3.30. The molecule has 0 atom stereocenters. The van der Waals surface area contributed by atoms with Gasteiger partial charge in [0.2, 0.25) is 0 Å². The standard InChI is InChI=1S/C14H12N4S/c1-2-4-9(5-3-1)16-14-17-13-10-8-15-18-11(10)6-7-12(13)19-14/h1-5,8H,6-7H2,(H,15,18)(H,16,17). The molecule has 1 aliphatic carbocycles. The van der Waals surface area contributed by atoms with E-state index in [1.807, 2.05) is 36.5 Å². The number of thiazole rings is 1. The average Bonchev–Trinajstić information content (AvgIpc) is 3.04. The molecule has 2 aromatic heterocycles. The molecule has 0 spiro atoms. The van der Waals surface area contributed by atoms with Crippen LogP contribution in [0.3, 0.4) is 0 Å². The number of aromatic amines is 1. The number of aryl methyl sites for hydroxylation is 2. The summed E-state index contributed by atoms with van der Waals surface area (Å²) in [6.45, 7) is 0. The van der Waals surface area contributed by atoms with Gasteiger partial charge in [0, 0.05) is 21.8 Å². The minimum absolute atomic E-state index is 0.949. The van der Waals surface area contributed by atoms with Crippen LogP contribution < -0.4 is 5.32 Å². The van der Waals surface area contributed by atoms with E-state index in [2.05, 4.69) is 15.5 Å². The summed E-state index contributed by atoms with van der Waals surface area (Å²) in [5.41, 5.74) is 4.50. The smallest absolute Gasteiger partial charge is 0.187 e. The molecule has 0 unspecified atom stereocenters. The largest absolute Gasteiger partial charge is 0.332 e. The molecular formula is C14H12N4S. The Hall–Kier alpha value is -2.14. The molecule has 1 aromatic carbocycles. The van der Waals surface area contributed by atoms with E-state index in [0.717, 1.165) is 34.9 Å². The molecule has 3 aromatic rings. The number of benzene rings is 1. The van der Waals surface area contributed by atoms with Crippen LogP contribution in [0.2, 0.25) is 0 Å². The van der Waals surface area contributed by atoms with Crippen LogP contribution in [0.4, 0.5) is 10.8 Å². The quantitative estimate of drug-likeness (QED) is 0.749. The minimum Gasteiger partial charge on any atom is -0.332 e. The maximum Gasteiger partial charge on any atom is 0.187 e. The van der Waals surface area contributed by atoms with Gasteiger partial charge in [-0.1, -0.05) is 18.2 Å². The number of rotatable bonds is 2. The van der Waals surface area contributed by atoms with Crippen molar-refractivity contribution >= 4 is 22.2 Å². The number of hydrogen-bond acceptors (Lipinski definition) is 4. The van der Waals surface area contributed by atoms with E-state index < -0.39 is 0 Å². The first-order valence-electron chi connectivity index (χ1n) is 6.24. The number of H-pyrrole nitrogens is 1. The van der Waals surface area contributed by atoms with Gasteiger partial charge in [0.15, 0.2) is 5.13 Å². The zero-order valence-electron chi connectivity index (χ0n) is 10.2. The number of aromatic nitrogens is 3. The molecule has 2 N–H and O–H groups in total. The Morgan fingerprint density at radius 3 is 2.95 bits per heavy atom. The number of fused-ring (bicyclic) bond motifs is 3. The van der Waals surface area contributed by atoms with Crippen LogP contribution in [-0.2, 0) is 12.8 Å². The predicted molar refractivity (Wildman–Crippen MR) is 76.8 cm³/mol. The second kappa shape index (κ2) is 4.20. The van der Waals surface area contributed by atoms with Crippen LogP contribution in [0.25, 0.3) is 11.3 Å². The topological polar surface area (TPSA) is 53.6 Å². The van der Waals surface area contributed by atoms with Crippen molar-refractivity contribution in [3.05, 3.63) is 47.1 Å². The summed E-state index contributed by atoms with van der Waals surface area (Å²) in [5.74, 6) is 0. The van der Waals surface area contributed by atoms with Crippen LogP contribution in [-0.4, -0.2) is 15.2 Å². The molecule has 0 saturated heterocycles. The van der Waals surface area contributed by atoms with Crippen molar-refractivity contribution in [2.75, 3.05) is 5.32 Å². The lowest BCUT2D eigenvalue weighted by Crippen LogP contribution is -2.00. The highest BCUT2D eigenvalue weighted by atomic mass is 32.1. The van der Waals surface area contributed by atoms with Gasteiger partial charge in [0.05, 0.1) is 11.9 Å². The molecule has 94 valence electrons. The first kappa shape index (κ1) is 10.8. The molecule has 0 amide bonds. The highest BCUT2D eigenvalue weighted by Gasteiger charge is 2.22. The Kier molecular flexibility index (Phi) is 2.38. The number of hydrogen-bond donors (Lipinski definition) is 2. The van der Waals surface area contributed by atoms with E-state index >= 15 is 0 Å². The van der Waals surface area contributed by atoms with Crippen molar-refractivity contribution in [1.82, 2.24) is 15.2 Å². The molecule has 19 heavy (non-hydrogen) atoms. The molecule has 0 saturated carbocycles. The Labute approximate surface area is 114 Å². The van der Waals surface area contributed by atoms with Crippen LogP contribution in [0.5, 0.6) is 0 Å². The average molecular weight is 268 g/mol. The van der Waals surface area contributed by atoms with E-state index in [-0.39, 0.29) is 0 Å². The van der Waals surface area contributed by atoms with E-state index in [0.29, 0.717) is 0 Å². The van der Waals surface area contributed by atoms with E-state index in [1.165, 1.54) is 10.6 Å². The minimum atomic E-state index is 0.949. The number of nitrogens with one attached hydrogen (secondary N) is 2. The fourth-order valence-electron chi connectivity index (χ4n) is 2.38. The first-order valence-corrected chi connectivity index (χ1v) is 7.06. The summed E-state index contributed by atoms with van der Waals surface area (Å²) in [6.07, 6.45) is 3.94. The third-order valence-corrected chi connectivity index (χ3v) is 4.33. The molecule has 2 heterocycles. The van der Waals surface area contributed by atoms with Crippen LogP contribution in [0.15, 0.2) is 36.5 Å². The summed E-state index contributed by atoms with van der Waals surface area (Å²) in [6, 6.07) is 10.1. The van der Waals surface area contributed by atoms with Crippen molar-refractivity contribution in [1.29, 1.82) is 0 Å². The third kappa shape index (κ3) is 1.82. The van der Waals surface area contributed by atoms with Gasteiger partial charge in [-0.05, 0) is 25.0 Å². The monoisotopic (exact) mass is 268 g/mol. The lowest BCUT2D eigenvalue weighted by atomic mass is 10.0. The summed E-state index contributed by atoms with van der Waals surface area (Å²) in [5, 5.41) is 11.5. The normalized spacial score (nSPS) is 12.8. The fourth-order valence-corrected chi connectivity index (χ4v) is 3.37. The first-order chi connectivity index (χ1) is 9.40. The molecule has 0 bridgehead atoms. The maximum absolute atomic E-state index is 4.71. The van der Waals surface area contributed by atoms with Gasteiger partial charge in [0.1, 0.15) is 0 Å². The predicted octanol–water partition coefficient (Wildman–Crippen LogP) is 3.38. The Morgan fingerprint density at radius 1 is 1.16 bits per heavy atom. The summed E-state index contributed by atoms with van der Waals surface area (Å²) >= 11 is 1.73. The van der Waals surface area contributed by atoms with Gasteiger partial charge in [-0.15, -0.1) is 11.3 Å². The zero-order valence-corrected chi connectivity index (χ0v) is 11.0. The Morgan fingerprint density at radius 2 is 2.05 bits per heavy atom. The number of anilines is 2. The van der Waals surface area contributed by atoms with Crippen molar-refractivity contribution in [2.24, 2.45) is 0 Å². The second-order valence-corrected chi connectivity index (χ2v) is 5.63. The van der Waals surface area contributed by atoms with E-state index in [9.17, 15) is 0 Å². The van der Waals surface area contributed by atoms with Gasteiger partial charge < -0.3 is 5.32 Å². The Bertz CT molecular complexity index is 714. The lowest BCUT2D eigenvalue weighted by Gasteiger charge is -2.08. The summed E-state index contributed by atoms with van der Waals surface area (Å²) < 4.78 is 0. The summed E-state index contributed by atoms with van der Waals surface area (Å²) in [7, 11) is 0. The molecule has 4 rings (SSSR count). The van der Waals surface area contributed by atoms with Crippen molar-refractivity contribution in [3.8, 4) is 11.3 Å². The Balaban J connectivity index is 1.71. The van der Waals surface area contributed by atoms with Gasteiger partial charge in [0.25, 0.3) is 0 Å². The van der Waals surface area contributed by atoms with Gasteiger partial charge in [-0.2, -0.15) is 5.10 Å². The van der Waals surface area contributed by atoms with Crippen molar-refractivity contribution < 1.29 is 0 Å². The SMILES string of the molecule is c1ccc(Nc2nc3c(s2)CCc2[nH]ncc2-3)cc1. The zero-order chi connectivity index (χ0) is 12.7. The lowest BCUT2D eigenvalue weighted by molar-refractivity contribution is 0.891. The summed E-state index contributed by atoms with van der Waals surface area (Å²) in [4.78, 5) is 6.05. The van der Waals surface area contributed by atoms with Crippen LogP contribution >= 0.6 is 11.3 Å². The molecule has 4 nitrogen and oxygen atoms in total. The molecular weight excluding hydrogens is 256 g/mol. The molecule has 0 radical (unpaired) electrons. The van der Waals surface area contributed by atoms with Crippen LogP contribution in [0, 0.1) is 0 Å².